The van der Waals surface area contributed by atoms with Gasteiger partial charge in [0.1, 0.15) is 0 Å². The third kappa shape index (κ3) is 9.43. The second-order valence-electron chi connectivity index (χ2n) is 14.8. The van der Waals surface area contributed by atoms with Crippen molar-refractivity contribution in [1.29, 1.82) is 0 Å². The normalized spacial score (nSPS) is 11.6. The van der Waals surface area contributed by atoms with Crippen LogP contribution in [0.15, 0.2) is 127 Å². The second kappa shape index (κ2) is 16.9. The summed E-state index contributed by atoms with van der Waals surface area (Å²) in [6.45, 7) is 13.9. The van der Waals surface area contributed by atoms with Gasteiger partial charge in [0.15, 0.2) is 0 Å². The van der Waals surface area contributed by atoms with Gasteiger partial charge in [-0.2, -0.15) is 0 Å². The van der Waals surface area contributed by atoms with Crippen LogP contribution in [0.1, 0.15) is 74.9 Å². The molecule has 51 heavy (non-hydrogen) atoms. The van der Waals surface area contributed by atoms with Crippen LogP contribution >= 0.6 is 23.2 Å². The first-order valence-corrected chi connectivity index (χ1v) is 18.8. The first-order valence-electron chi connectivity index (χ1n) is 16.8. The van der Waals surface area contributed by atoms with Gasteiger partial charge in [0.25, 0.3) is 0 Å². The molecule has 7 rings (SSSR count). The molecule has 5 heteroatoms. The maximum absolute atomic E-state index is 5.98. The summed E-state index contributed by atoms with van der Waals surface area (Å²) in [6, 6.07) is 48.6. The number of hydrogen-bond donors (Lipinski definition) is 0. The molecule has 0 saturated carbocycles. The topological polar surface area (TPSA) is 0 Å². The summed E-state index contributed by atoms with van der Waals surface area (Å²) in [6.07, 6.45) is 0.944. The molecule has 1 aliphatic rings. The molecule has 0 aliphatic heterocycles. The van der Waals surface area contributed by atoms with Crippen LogP contribution in [0.2, 0.25) is 10.0 Å². The van der Waals surface area contributed by atoms with E-state index in [1.807, 2.05) is 36.4 Å². The van der Waals surface area contributed by atoms with E-state index >= 15 is 0 Å². The maximum atomic E-state index is 5.98. The zero-order valence-corrected chi connectivity index (χ0v) is 35.3. The molecule has 1 aliphatic carbocycles. The Labute approximate surface area is 341 Å². The average molecular weight is 827 g/mol. The average Bonchev–Trinajstić information content (AvgIpc) is 3.44. The van der Waals surface area contributed by atoms with Crippen molar-refractivity contribution < 1.29 is 49.0 Å². The molecule has 0 unspecified atom stereocenters. The maximum Gasteiger partial charge on any atom is -1.00 e. The number of halogens is 4. The Hall–Kier alpha value is -2.77. The minimum absolute atomic E-state index is 0. The zero-order valence-electron chi connectivity index (χ0n) is 29.8. The fourth-order valence-corrected chi connectivity index (χ4v) is 7.70. The quantitative estimate of drug-likeness (QED) is 0.166. The van der Waals surface area contributed by atoms with Crippen LogP contribution < -0.4 is 24.8 Å². The molecule has 0 nitrogen and oxygen atoms in total. The fourth-order valence-electron chi connectivity index (χ4n) is 6.56. The Bertz CT molecular complexity index is 1990. The largest absolute Gasteiger partial charge is 1.00 e. The molecule has 0 atom stereocenters. The summed E-state index contributed by atoms with van der Waals surface area (Å²) in [5, 5.41) is 1.53. The summed E-state index contributed by atoms with van der Waals surface area (Å²) >= 11 is 13.3. The Kier molecular flexibility index (Phi) is 13.6. The number of fused-ring (bicyclic) bond motifs is 3. The number of benzene rings is 6. The van der Waals surface area contributed by atoms with Crippen molar-refractivity contribution in [3.05, 3.63) is 177 Å². The molecule has 0 saturated heterocycles. The Morgan fingerprint density at radius 2 is 1.04 bits per heavy atom. The van der Waals surface area contributed by atoms with E-state index in [1.54, 1.807) is 0 Å². The van der Waals surface area contributed by atoms with Gasteiger partial charge in [0, 0.05) is 0 Å². The van der Waals surface area contributed by atoms with Gasteiger partial charge in [0.2, 0.25) is 0 Å². The van der Waals surface area contributed by atoms with Crippen LogP contribution in [0, 0.1) is 6.07 Å². The van der Waals surface area contributed by atoms with Crippen LogP contribution in [0.3, 0.4) is 0 Å². The number of hydrogen-bond acceptors (Lipinski definition) is 0. The smallest absolute Gasteiger partial charge is 1.00 e. The molecule has 0 radical (unpaired) electrons. The molecule has 0 fully saturated rings. The van der Waals surface area contributed by atoms with Gasteiger partial charge >= 0.3 is 120 Å². The molecule has 258 valence electrons. The van der Waals surface area contributed by atoms with Crippen LogP contribution in [-0.4, -0.2) is 3.21 Å². The third-order valence-corrected chi connectivity index (χ3v) is 10.9. The van der Waals surface area contributed by atoms with Crippen LogP contribution in [0.4, 0.5) is 0 Å². The number of rotatable bonds is 4. The molecule has 0 spiro atoms. The minimum atomic E-state index is 0. The van der Waals surface area contributed by atoms with Gasteiger partial charge in [-0.3, -0.25) is 0 Å². The standard InChI is InChI=1S/C33H33.C13H8Cl2.2ClH.Zr/c1-32(2,3)30-20-26-24(18-28(30)22-13-9-7-10-14-22)17-25-19-29(23-15-11-8-12-16-23)31(21-27(25)26)33(4,5)6;14-12-5-1-3-10(8-12)7-11-4-2-6-13(15)9-11;;;/h7-16,18,20-21H,17H2,1-6H3;1-6,8-9H;2*1H;/q-1;;;;+2/p-2. The van der Waals surface area contributed by atoms with E-state index in [9.17, 15) is 0 Å². The van der Waals surface area contributed by atoms with Crippen molar-refractivity contribution in [1.82, 2.24) is 0 Å². The van der Waals surface area contributed by atoms with E-state index < -0.39 is 0 Å². The zero-order chi connectivity index (χ0) is 34.9. The Morgan fingerprint density at radius 1 is 0.549 bits per heavy atom. The van der Waals surface area contributed by atoms with Gasteiger partial charge in [-0.1, -0.05) is 131 Å². The van der Waals surface area contributed by atoms with Gasteiger partial charge in [-0.15, -0.1) is 28.8 Å². The molecule has 6 aromatic carbocycles. The molecule has 6 aromatic rings. The van der Waals surface area contributed by atoms with Gasteiger partial charge < -0.3 is 24.8 Å². The molecule has 0 aromatic heterocycles. The van der Waals surface area contributed by atoms with Crippen molar-refractivity contribution in [3.8, 4) is 33.4 Å². The first kappa shape index (κ1) is 41.0. The van der Waals surface area contributed by atoms with Gasteiger partial charge in [0.05, 0.1) is 0 Å². The fraction of sp³-hybridized carbons (Fsp3) is 0.196. The summed E-state index contributed by atoms with van der Waals surface area (Å²) in [5.74, 6) is 0. The summed E-state index contributed by atoms with van der Waals surface area (Å²) < 4.78 is 1.26. The van der Waals surface area contributed by atoms with Crippen molar-refractivity contribution in [2.24, 2.45) is 0 Å². The van der Waals surface area contributed by atoms with Gasteiger partial charge in [-0.25, -0.2) is 0 Å². The van der Waals surface area contributed by atoms with Crippen molar-refractivity contribution in [3.63, 3.8) is 0 Å². The Balaban J connectivity index is 0.000000274. The predicted octanol–water partition coefficient (Wildman–Crippen LogP) is 7.10. The first-order chi connectivity index (χ1) is 23.3. The summed E-state index contributed by atoms with van der Waals surface area (Å²) in [5.41, 5.74) is 15.8. The van der Waals surface area contributed by atoms with E-state index in [0.29, 0.717) is 0 Å². The van der Waals surface area contributed by atoms with E-state index in [-0.39, 0.29) is 35.6 Å². The van der Waals surface area contributed by atoms with Crippen LogP contribution in [0.5, 0.6) is 0 Å². The molecule has 0 N–H and O–H groups in total. The van der Waals surface area contributed by atoms with Crippen molar-refractivity contribution in [2.45, 2.75) is 58.8 Å². The minimum Gasteiger partial charge on any atom is -1.00 e. The molecule has 0 amide bonds. The molecular weight excluding hydrogens is 786 g/mol. The second-order valence-corrected chi connectivity index (χ2v) is 16.9. The van der Waals surface area contributed by atoms with Crippen molar-refractivity contribution in [2.75, 3.05) is 0 Å². The van der Waals surface area contributed by atoms with E-state index in [1.165, 1.54) is 83.1 Å². The SMILES string of the molecule is CC(C)(C)c1cc2c([c-]c1-c1ccccc1)Cc1cc(-c3ccccc3)c(C(C)(C)C)cc1-2.Clc1cccc([C](=[Zr+2])c2cccc(Cl)c2)c1.[Cl-].[Cl-]. The third-order valence-electron chi connectivity index (χ3n) is 9.05. The monoisotopic (exact) mass is 823 g/mol. The summed E-state index contributed by atoms with van der Waals surface area (Å²) in [7, 11) is 0. The van der Waals surface area contributed by atoms with Crippen LogP contribution in [0.25, 0.3) is 33.4 Å². The van der Waals surface area contributed by atoms with Crippen molar-refractivity contribution >= 4 is 26.4 Å². The van der Waals surface area contributed by atoms with E-state index in [4.69, 9.17) is 23.2 Å². The van der Waals surface area contributed by atoms with Crippen LogP contribution in [-0.2, 0) is 41.5 Å². The molecule has 0 bridgehead atoms. The predicted molar refractivity (Wildman–Crippen MR) is 208 cm³/mol. The van der Waals surface area contributed by atoms with E-state index in [0.717, 1.165) is 27.6 Å². The van der Waals surface area contributed by atoms with E-state index in [2.05, 4.69) is 139 Å². The summed E-state index contributed by atoms with van der Waals surface area (Å²) in [4.78, 5) is 0. The molecular formula is C46H41Cl4Zr-. The van der Waals surface area contributed by atoms with Gasteiger partial charge in [-0.05, 0) is 39.5 Å². The molecule has 0 heterocycles. The Morgan fingerprint density at radius 3 is 1.53 bits per heavy atom.